The van der Waals surface area contributed by atoms with E-state index in [0.717, 1.165) is 48.6 Å². The van der Waals surface area contributed by atoms with Crippen molar-refractivity contribution in [1.82, 2.24) is 19.4 Å². The summed E-state index contributed by atoms with van der Waals surface area (Å²) in [7, 11) is 0.545. The summed E-state index contributed by atoms with van der Waals surface area (Å²) in [5.74, 6) is 0.474. The Balaban J connectivity index is 1.40. The maximum Gasteiger partial charge on any atom is 0.237 e. The molecule has 2 aromatic heterocycles. The monoisotopic (exact) mass is 548 g/mol. The number of rotatable bonds is 7. The van der Waals surface area contributed by atoms with E-state index in [9.17, 15) is 8.42 Å². The Morgan fingerprint density at radius 3 is 2.44 bits per heavy atom. The topological polar surface area (TPSA) is 107 Å². The van der Waals surface area contributed by atoms with E-state index in [-0.39, 0.29) is 0 Å². The Morgan fingerprint density at radius 2 is 1.72 bits per heavy atom. The van der Waals surface area contributed by atoms with Gasteiger partial charge in [0.2, 0.25) is 16.0 Å². The van der Waals surface area contributed by atoms with E-state index in [1.54, 1.807) is 39.1 Å². The largest absolute Gasteiger partial charge is 0.386 e. The van der Waals surface area contributed by atoms with Crippen molar-refractivity contribution in [3.63, 3.8) is 0 Å². The number of sulfonamides is 1. The molecule has 2 aromatic carbocycles. The smallest absolute Gasteiger partial charge is 0.237 e. The molecule has 1 aliphatic rings. The fraction of sp³-hybridized carbons (Fsp3) is 0.357. The molecule has 0 aliphatic carbocycles. The van der Waals surface area contributed by atoms with E-state index in [1.807, 2.05) is 42.1 Å². The second-order valence-corrected chi connectivity index (χ2v) is 13.3. The maximum atomic E-state index is 12.7. The summed E-state index contributed by atoms with van der Waals surface area (Å²) >= 11 is 0. The second-order valence-electron chi connectivity index (χ2n) is 10.8. The third kappa shape index (κ3) is 5.64. The van der Waals surface area contributed by atoms with Gasteiger partial charge in [-0.3, -0.25) is 4.72 Å². The van der Waals surface area contributed by atoms with E-state index in [4.69, 9.17) is 4.98 Å². The molecule has 11 heteroatoms. The van der Waals surface area contributed by atoms with E-state index in [0.29, 0.717) is 17.3 Å². The van der Waals surface area contributed by atoms with Crippen LogP contribution in [-0.2, 0) is 10.0 Å². The number of anilines is 5. The van der Waals surface area contributed by atoms with Gasteiger partial charge in [0.05, 0.1) is 21.8 Å². The highest BCUT2D eigenvalue weighted by molar-refractivity contribution is 7.94. The van der Waals surface area contributed by atoms with E-state index in [1.165, 1.54) is 5.69 Å². The standard InChI is InChI=1S/C28H36N8O2S/c1-28(2,3)39(37,38)33-22-7-6-8-23(17-22)36-12-11-20-19-30-27(32-26(20)36)31-21-9-10-25(24(18-21)29-4)35-15-13-34(5)14-16-35/h6-12,17-19,29,33H,13-16H2,1-5H3,(H,30,31,32). The summed E-state index contributed by atoms with van der Waals surface area (Å²) in [6.45, 7) is 9.09. The normalized spacial score (nSPS) is 14.9. The molecule has 0 atom stereocenters. The van der Waals surface area contributed by atoms with Crippen LogP contribution in [0, 0.1) is 0 Å². The summed E-state index contributed by atoms with van der Waals surface area (Å²) in [5.41, 5.74) is 5.11. The number of aromatic nitrogens is 3. The van der Waals surface area contributed by atoms with Gasteiger partial charge in [0.25, 0.3) is 0 Å². The van der Waals surface area contributed by atoms with Crippen LogP contribution >= 0.6 is 0 Å². The molecule has 5 rings (SSSR count). The third-order valence-corrected chi connectivity index (χ3v) is 9.09. The minimum absolute atomic E-state index is 0.474. The van der Waals surface area contributed by atoms with Crippen LogP contribution in [0.15, 0.2) is 60.9 Å². The average molecular weight is 549 g/mol. The molecular formula is C28H36N8O2S. The Morgan fingerprint density at radius 1 is 0.949 bits per heavy atom. The molecule has 1 saturated heterocycles. The van der Waals surface area contributed by atoms with Crippen LogP contribution in [0.4, 0.5) is 28.7 Å². The van der Waals surface area contributed by atoms with Crippen LogP contribution in [-0.4, -0.2) is 72.9 Å². The van der Waals surface area contributed by atoms with Gasteiger partial charge in [0.1, 0.15) is 5.65 Å². The second kappa shape index (κ2) is 10.4. The minimum atomic E-state index is -3.54. The van der Waals surface area contributed by atoms with Gasteiger partial charge in [-0.05, 0) is 70.3 Å². The van der Waals surface area contributed by atoms with Crippen molar-refractivity contribution in [2.75, 3.05) is 60.5 Å². The lowest BCUT2D eigenvalue weighted by atomic mass is 10.2. The number of nitrogens with one attached hydrogen (secondary N) is 3. The first-order chi connectivity index (χ1) is 18.5. The van der Waals surface area contributed by atoms with Crippen LogP contribution in [0.1, 0.15) is 20.8 Å². The fourth-order valence-electron chi connectivity index (χ4n) is 4.48. The van der Waals surface area contributed by atoms with Crippen LogP contribution in [0.3, 0.4) is 0 Å². The number of hydrogen-bond acceptors (Lipinski definition) is 8. The Hall–Kier alpha value is -3.83. The number of fused-ring (bicyclic) bond motifs is 1. The zero-order valence-corrected chi connectivity index (χ0v) is 23.9. The van der Waals surface area contributed by atoms with Crippen molar-refractivity contribution in [2.24, 2.45) is 0 Å². The van der Waals surface area contributed by atoms with Crippen molar-refractivity contribution < 1.29 is 8.42 Å². The van der Waals surface area contributed by atoms with Gasteiger partial charge in [-0.2, -0.15) is 4.98 Å². The molecule has 1 aliphatic heterocycles. The van der Waals surface area contributed by atoms with Gasteiger partial charge in [-0.25, -0.2) is 13.4 Å². The van der Waals surface area contributed by atoms with E-state index >= 15 is 0 Å². The lowest BCUT2D eigenvalue weighted by Gasteiger charge is -2.35. The first kappa shape index (κ1) is 26.8. The third-order valence-electron chi connectivity index (χ3n) is 6.98. The maximum absolute atomic E-state index is 12.7. The summed E-state index contributed by atoms with van der Waals surface area (Å²) < 4.78 is 29.0. The molecule has 206 valence electrons. The number of likely N-dealkylation sites (N-methyl/N-ethyl adjacent to an activating group) is 1. The van der Waals surface area contributed by atoms with Crippen molar-refractivity contribution in [3.05, 3.63) is 60.9 Å². The van der Waals surface area contributed by atoms with Crippen molar-refractivity contribution in [2.45, 2.75) is 25.5 Å². The van der Waals surface area contributed by atoms with Gasteiger partial charge in [-0.15, -0.1) is 0 Å². The first-order valence-electron chi connectivity index (χ1n) is 13.0. The number of hydrogen-bond donors (Lipinski definition) is 3. The van der Waals surface area contributed by atoms with Crippen molar-refractivity contribution in [1.29, 1.82) is 0 Å². The molecule has 39 heavy (non-hydrogen) atoms. The molecule has 1 fully saturated rings. The molecule has 0 saturated carbocycles. The summed E-state index contributed by atoms with van der Waals surface area (Å²) in [6, 6.07) is 15.5. The lowest BCUT2D eigenvalue weighted by Crippen LogP contribution is -2.44. The van der Waals surface area contributed by atoms with Crippen LogP contribution in [0.5, 0.6) is 0 Å². The molecular weight excluding hydrogens is 512 g/mol. The molecule has 10 nitrogen and oxygen atoms in total. The van der Waals surface area contributed by atoms with Crippen molar-refractivity contribution in [3.8, 4) is 5.69 Å². The van der Waals surface area contributed by atoms with Gasteiger partial charge in [0.15, 0.2) is 0 Å². The van der Waals surface area contributed by atoms with Crippen LogP contribution in [0.25, 0.3) is 16.7 Å². The summed E-state index contributed by atoms with van der Waals surface area (Å²) in [4.78, 5) is 14.1. The van der Waals surface area contributed by atoms with Gasteiger partial charge in [-0.1, -0.05) is 6.07 Å². The number of piperazine rings is 1. The minimum Gasteiger partial charge on any atom is -0.386 e. The van der Waals surface area contributed by atoms with Crippen molar-refractivity contribution >= 4 is 49.8 Å². The fourth-order valence-corrected chi connectivity index (χ4v) is 5.22. The molecule has 3 heterocycles. The van der Waals surface area contributed by atoms with E-state index < -0.39 is 14.8 Å². The quantitative estimate of drug-likeness (QED) is 0.310. The predicted octanol–water partition coefficient (Wildman–Crippen LogP) is 4.50. The first-order valence-corrected chi connectivity index (χ1v) is 14.5. The molecule has 4 aromatic rings. The SMILES string of the molecule is CNc1cc(Nc2ncc3ccn(-c4cccc(NS(=O)(=O)C(C)(C)C)c4)c3n2)ccc1N1CCN(C)CC1. The zero-order chi connectivity index (χ0) is 27.8. The predicted molar refractivity (Wildman–Crippen MR) is 160 cm³/mol. The highest BCUT2D eigenvalue weighted by atomic mass is 32.2. The molecule has 0 radical (unpaired) electrons. The molecule has 0 spiro atoms. The zero-order valence-electron chi connectivity index (χ0n) is 23.1. The Bertz CT molecular complexity index is 1580. The van der Waals surface area contributed by atoms with Crippen LogP contribution in [0.2, 0.25) is 0 Å². The lowest BCUT2D eigenvalue weighted by molar-refractivity contribution is 0.313. The highest BCUT2D eigenvalue weighted by Crippen LogP contribution is 2.31. The average Bonchev–Trinajstić information content (AvgIpc) is 3.32. The van der Waals surface area contributed by atoms with Gasteiger partial charge in [0, 0.05) is 62.4 Å². The Kier molecular flexibility index (Phi) is 7.13. The van der Waals surface area contributed by atoms with Gasteiger partial charge < -0.3 is 25.0 Å². The molecule has 3 N–H and O–H groups in total. The summed E-state index contributed by atoms with van der Waals surface area (Å²) in [5, 5.41) is 7.55. The summed E-state index contributed by atoms with van der Waals surface area (Å²) in [6.07, 6.45) is 3.69. The highest BCUT2D eigenvalue weighted by Gasteiger charge is 2.29. The number of nitrogens with zero attached hydrogens (tertiary/aromatic N) is 5. The van der Waals surface area contributed by atoms with Crippen LogP contribution < -0.4 is 20.3 Å². The van der Waals surface area contributed by atoms with Gasteiger partial charge >= 0.3 is 0 Å². The molecule has 0 amide bonds. The Labute approximate surface area is 230 Å². The molecule has 0 unspecified atom stereocenters. The number of benzene rings is 2. The molecule has 0 bridgehead atoms. The van der Waals surface area contributed by atoms with E-state index in [2.05, 4.69) is 49.3 Å².